The quantitative estimate of drug-likeness (QED) is 0.415. The van der Waals surface area contributed by atoms with Gasteiger partial charge in [-0.15, -0.1) is 0 Å². The first-order chi connectivity index (χ1) is 13.9. The standard InChI is InChI=1S/C22H20BrN3O2S/c1-14-11-17(25-9-2-3-10-25)8-7-15(14)12-19-20(27)24-22(29)26(21(19)28)18-6-4-5-16(23)13-18/h4-8,11-13H,2-3,9-10H2,1H3,(H,24,27,29)/b19-12+. The zero-order valence-electron chi connectivity index (χ0n) is 15.9. The third kappa shape index (κ3) is 3.97. The van der Waals surface area contributed by atoms with Crippen molar-refractivity contribution in [1.29, 1.82) is 0 Å². The van der Waals surface area contributed by atoms with Crippen molar-refractivity contribution >= 4 is 62.5 Å². The van der Waals surface area contributed by atoms with Crippen LogP contribution in [0.3, 0.4) is 0 Å². The van der Waals surface area contributed by atoms with Crippen molar-refractivity contribution in [3.05, 3.63) is 63.6 Å². The second-order valence-corrected chi connectivity index (χ2v) is 8.48. The van der Waals surface area contributed by atoms with Gasteiger partial charge in [0.25, 0.3) is 11.8 Å². The summed E-state index contributed by atoms with van der Waals surface area (Å²) in [7, 11) is 0. The highest BCUT2D eigenvalue weighted by atomic mass is 79.9. The molecule has 0 radical (unpaired) electrons. The van der Waals surface area contributed by atoms with E-state index in [0.717, 1.165) is 28.7 Å². The average Bonchev–Trinajstić information content (AvgIpc) is 3.21. The van der Waals surface area contributed by atoms with Crippen molar-refractivity contribution in [2.24, 2.45) is 0 Å². The van der Waals surface area contributed by atoms with E-state index in [1.165, 1.54) is 23.4 Å². The van der Waals surface area contributed by atoms with Crippen LogP contribution in [0.15, 0.2) is 52.5 Å². The number of nitrogens with zero attached hydrogens (tertiary/aromatic N) is 2. The van der Waals surface area contributed by atoms with Crippen molar-refractivity contribution in [2.45, 2.75) is 19.8 Å². The topological polar surface area (TPSA) is 52.7 Å². The Hall–Kier alpha value is -2.51. The van der Waals surface area contributed by atoms with Crippen LogP contribution >= 0.6 is 28.1 Å². The number of anilines is 2. The molecule has 7 heteroatoms. The molecule has 148 valence electrons. The first-order valence-electron chi connectivity index (χ1n) is 9.46. The average molecular weight is 470 g/mol. The van der Waals surface area contributed by atoms with Crippen LogP contribution in [0.1, 0.15) is 24.0 Å². The number of rotatable bonds is 3. The predicted molar refractivity (Wildman–Crippen MR) is 123 cm³/mol. The van der Waals surface area contributed by atoms with Crippen molar-refractivity contribution in [2.75, 3.05) is 22.9 Å². The van der Waals surface area contributed by atoms with Gasteiger partial charge in [0.1, 0.15) is 5.57 Å². The Morgan fingerprint density at radius 3 is 2.52 bits per heavy atom. The monoisotopic (exact) mass is 469 g/mol. The Bertz CT molecular complexity index is 1040. The van der Waals surface area contributed by atoms with E-state index >= 15 is 0 Å². The van der Waals surface area contributed by atoms with Gasteiger partial charge in [-0.25, -0.2) is 0 Å². The summed E-state index contributed by atoms with van der Waals surface area (Å²) in [5.74, 6) is -0.908. The minimum absolute atomic E-state index is 0.0654. The fraction of sp³-hybridized carbons (Fsp3) is 0.227. The summed E-state index contributed by atoms with van der Waals surface area (Å²) in [5, 5.41) is 2.71. The number of halogens is 1. The van der Waals surface area contributed by atoms with Crippen LogP contribution in [-0.4, -0.2) is 30.0 Å². The van der Waals surface area contributed by atoms with Crippen LogP contribution in [0, 0.1) is 6.92 Å². The number of hydrogen-bond donors (Lipinski definition) is 1. The predicted octanol–water partition coefficient (Wildman–Crippen LogP) is 4.19. The van der Waals surface area contributed by atoms with Gasteiger partial charge in [0.2, 0.25) is 0 Å². The highest BCUT2D eigenvalue weighted by Crippen LogP contribution is 2.27. The van der Waals surface area contributed by atoms with Gasteiger partial charge < -0.3 is 4.90 Å². The van der Waals surface area contributed by atoms with Crippen molar-refractivity contribution in [1.82, 2.24) is 5.32 Å². The molecular formula is C22H20BrN3O2S. The maximum Gasteiger partial charge on any atom is 0.270 e. The number of benzene rings is 2. The molecule has 0 atom stereocenters. The van der Waals surface area contributed by atoms with Crippen LogP contribution in [0.25, 0.3) is 6.08 Å². The lowest BCUT2D eigenvalue weighted by atomic mass is 10.0. The highest BCUT2D eigenvalue weighted by Gasteiger charge is 2.34. The normalized spacial score (nSPS) is 18.6. The Balaban J connectivity index is 1.67. The van der Waals surface area contributed by atoms with Crippen LogP contribution in [0.5, 0.6) is 0 Å². The summed E-state index contributed by atoms with van der Waals surface area (Å²) in [6.07, 6.45) is 4.07. The smallest absolute Gasteiger partial charge is 0.270 e. The third-order valence-electron chi connectivity index (χ3n) is 5.19. The zero-order chi connectivity index (χ0) is 20.5. The van der Waals surface area contributed by atoms with E-state index in [4.69, 9.17) is 12.2 Å². The molecule has 2 aliphatic heterocycles. The van der Waals surface area contributed by atoms with E-state index in [1.807, 2.05) is 31.2 Å². The summed E-state index contributed by atoms with van der Waals surface area (Å²) < 4.78 is 0.821. The Kier molecular flexibility index (Phi) is 5.52. The molecule has 0 aliphatic carbocycles. The molecular weight excluding hydrogens is 450 g/mol. The SMILES string of the molecule is Cc1cc(N2CCCC2)ccc1/C=C1\C(=O)NC(=S)N(c2cccc(Br)c2)C1=O. The molecule has 0 bridgehead atoms. The molecule has 2 amide bonds. The first-order valence-corrected chi connectivity index (χ1v) is 10.7. The minimum Gasteiger partial charge on any atom is -0.372 e. The number of carbonyl (C=O) groups is 2. The number of aryl methyl sites for hydroxylation is 1. The molecule has 1 N–H and O–H groups in total. The van der Waals surface area contributed by atoms with E-state index in [0.29, 0.717) is 5.69 Å². The molecule has 0 aromatic heterocycles. The summed E-state index contributed by atoms with van der Waals surface area (Å²) in [6.45, 7) is 4.13. The molecule has 0 spiro atoms. The molecule has 2 fully saturated rings. The molecule has 4 rings (SSSR count). The second kappa shape index (κ2) is 8.08. The number of nitrogens with one attached hydrogen (secondary N) is 1. The van der Waals surface area contributed by atoms with Gasteiger partial charge in [0.05, 0.1) is 5.69 Å². The molecule has 2 heterocycles. The number of amides is 2. The lowest BCUT2D eigenvalue weighted by Gasteiger charge is -2.29. The van der Waals surface area contributed by atoms with Gasteiger partial charge in [-0.3, -0.25) is 19.8 Å². The molecule has 0 unspecified atom stereocenters. The van der Waals surface area contributed by atoms with Crippen LogP contribution in [-0.2, 0) is 9.59 Å². The highest BCUT2D eigenvalue weighted by molar-refractivity contribution is 9.10. The Labute approximate surface area is 183 Å². The summed E-state index contributed by atoms with van der Waals surface area (Å²) >= 11 is 8.66. The number of thiocarbonyl (C=S) groups is 1. The number of carbonyl (C=O) groups excluding carboxylic acids is 2. The summed E-state index contributed by atoms with van der Waals surface area (Å²) in [6, 6.07) is 13.4. The largest absolute Gasteiger partial charge is 0.372 e. The fourth-order valence-corrected chi connectivity index (χ4v) is 4.32. The summed E-state index contributed by atoms with van der Waals surface area (Å²) in [5.41, 5.74) is 3.70. The minimum atomic E-state index is -0.478. The lowest BCUT2D eigenvalue weighted by molar-refractivity contribution is -0.122. The molecule has 2 saturated heterocycles. The van der Waals surface area contributed by atoms with Crippen LogP contribution < -0.4 is 15.1 Å². The molecule has 2 aromatic rings. The maximum atomic E-state index is 13.1. The van der Waals surface area contributed by atoms with E-state index in [2.05, 4.69) is 32.2 Å². The van der Waals surface area contributed by atoms with Gasteiger partial charge in [-0.05, 0) is 79.5 Å². The number of hydrogen-bond acceptors (Lipinski definition) is 4. The van der Waals surface area contributed by atoms with Gasteiger partial charge >= 0.3 is 0 Å². The summed E-state index contributed by atoms with van der Waals surface area (Å²) in [4.78, 5) is 29.4. The van der Waals surface area contributed by atoms with Crippen molar-refractivity contribution in [3.63, 3.8) is 0 Å². The van der Waals surface area contributed by atoms with Gasteiger partial charge in [-0.2, -0.15) is 0 Å². The van der Waals surface area contributed by atoms with E-state index in [9.17, 15) is 9.59 Å². The fourth-order valence-electron chi connectivity index (χ4n) is 3.66. The first kappa shape index (κ1) is 19.8. The van der Waals surface area contributed by atoms with Gasteiger partial charge in [-0.1, -0.05) is 28.1 Å². The van der Waals surface area contributed by atoms with Crippen molar-refractivity contribution in [3.8, 4) is 0 Å². The molecule has 0 saturated carbocycles. The van der Waals surface area contributed by atoms with Crippen LogP contribution in [0.2, 0.25) is 0 Å². The van der Waals surface area contributed by atoms with E-state index in [-0.39, 0.29) is 10.7 Å². The van der Waals surface area contributed by atoms with Crippen molar-refractivity contribution < 1.29 is 9.59 Å². The van der Waals surface area contributed by atoms with Crippen LogP contribution in [0.4, 0.5) is 11.4 Å². The zero-order valence-corrected chi connectivity index (χ0v) is 18.3. The molecule has 29 heavy (non-hydrogen) atoms. The van der Waals surface area contributed by atoms with Gasteiger partial charge in [0, 0.05) is 23.2 Å². The molecule has 5 nitrogen and oxygen atoms in total. The Morgan fingerprint density at radius 2 is 1.83 bits per heavy atom. The maximum absolute atomic E-state index is 13.1. The third-order valence-corrected chi connectivity index (χ3v) is 5.97. The van der Waals surface area contributed by atoms with Gasteiger partial charge in [0.15, 0.2) is 5.11 Å². The second-order valence-electron chi connectivity index (χ2n) is 7.17. The Morgan fingerprint density at radius 1 is 1.07 bits per heavy atom. The van der Waals surface area contributed by atoms with E-state index < -0.39 is 11.8 Å². The molecule has 2 aromatic carbocycles. The van der Waals surface area contributed by atoms with E-state index in [1.54, 1.807) is 18.2 Å². The lowest BCUT2D eigenvalue weighted by Crippen LogP contribution is -2.54. The molecule has 2 aliphatic rings.